The Kier molecular flexibility index (Phi) is 4.18. The number of ether oxygens (including phenoxy) is 1. The number of carbonyl (C=O) groups is 2. The van der Waals surface area contributed by atoms with Gasteiger partial charge in [-0.15, -0.1) is 0 Å². The van der Waals surface area contributed by atoms with Crippen molar-refractivity contribution < 1.29 is 29.6 Å². The molecule has 4 aliphatic carbocycles. The van der Waals surface area contributed by atoms with Crippen LogP contribution in [0.15, 0.2) is 11.6 Å². The molecule has 5 aliphatic rings. The first-order chi connectivity index (χ1) is 13.7. The summed E-state index contributed by atoms with van der Waals surface area (Å²) >= 11 is 0. The maximum absolute atomic E-state index is 12.5. The number of esters is 1. The van der Waals surface area contributed by atoms with Crippen molar-refractivity contribution in [2.45, 2.75) is 82.0 Å². The minimum Gasteiger partial charge on any atom is -0.458 e. The summed E-state index contributed by atoms with van der Waals surface area (Å²) in [6.45, 7) is 2.46. The molecule has 0 aromatic rings. The number of hydrogen-bond donors (Lipinski definition) is 3. The van der Waals surface area contributed by atoms with E-state index in [-0.39, 0.29) is 35.6 Å². The molecule has 6 heteroatoms. The zero-order chi connectivity index (χ0) is 20.7. The number of cyclic esters (lactones) is 1. The Hall–Kier alpha value is -1.24. The van der Waals surface area contributed by atoms with Gasteiger partial charge < -0.3 is 24.9 Å². The Bertz CT molecular complexity index is 777. The van der Waals surface area contributed by atoms with Crippen LogP contribution >= 0.6 is 0 Å². The first kappa shape index (κ1) is 19.7. The third-order valence-electron chi connectivity index (χ3n) is 9.85. The highest BCUT2D eigenvalue weighted by molar-refractivity contribution is 5.85. The van der Waals surface area contributed by atoms with Gasteiger partial charge in [0.2, 0.25) is 0 Å². The van der Waals surface area contributed by atoms with Crippen LogP contribution in [0.1, 0.15) is 64.7 Å². The summed E-state index contributed by atoms with van der Waals surface area (Å²) < 4.78 is 5.15. The molecule has 4 fully saturated rings. The topological polar surface area (TPSA) is 104 Å². The molecular weight excluding hydrogens is 372 g/mol. The zero-order valence-electron chi connectivity index (χ0n) is 17.1. The molecule has 5 rings (SSSR count). The van der Waals surface area contributed by atoms with Crippen molar-refractivity contribution in [1.82, 2.24) is 0 Å². The molecule has 0 aromatic heterocycles. The molecule has 3 N–H and O–H groups in total. The number of fused-ring (bicyclic) bond motifs is 5. The van der Waals surface area contributed by atoms with Gasteiger partial charge >= 0.3 is 5.97 Å². The smallest absolute Gasteiger partial charge is 0.331 e. The van der Waals surface area contributed by atoms with Gasteiger partial charge in [-0.25, -0.2) is 4.79 Å². The first-order valence-corrected chi connectivity index (χ1v) is 11.2. The third kappa shape index (κ3) is 2.34. The highest BCUT2D eigenvalue weighted by Gasteiger charge is 2.71. The van der Waals surface area contributed by atoms with Gasteiger partial charge in [0.05, 0.1) is 22.7 Å². The summed E-state index contributed by atoms with van der Waals surface area (Å²) in [4.78, 5) is 24.1. The Balaban J connectivity index is 1.52. The summed E-state index contributed by atoms with van der Waals surface area (Å²) in [5.74, 6) is -0.304. The van der Waals surface area contributed by atoms with Gasteiger partial charge in [0.25, 0.3) is 0 Å². The average molecular weight is 405 g/mol. The highest BCUT2D eigenvalue weighted by Crippen LogP contribution is 2.70. The van der Waals surface area contributed by atoms with Crippen molar-refractivity contribution in [3.05, 3.63) is 11.6 Å². The van der Waals surface area contributed by atoms with E-state index >= 15 is 0 Å². The predicted octanol–water partition coefficient (Wildman–Crippen LogP) is 1.90. The van der Waals surface area contributed by atoms with E-state index in [1.807, 2.05) is 0 Å². The molecule has 160 valence electrons. The van der Waals surface area contributed by atoms with E-state index in [4.69, 9.17) is 4.74 Å². The summed E-state index contributed by atoms with van der Waals surface area (Å²) in [5, 5.41) is 33.7. The molecule has 1 aliphatic heterocycles. The summed E-state index contributed by atoms with van der Waals surface area (Å²) in [5.41, 5.74) is -2.34. The first-order valence-electron chi connectivity index (χ1n) is 11.2. The molecule has 29 heavy (non-hydrogen) atoms. The molecule has 6 nitrogen and oxygen atoms in total. The van der Waals surface area contributed by atoms with E-state index in [0.29, 0.717) is 38.7 Å². The molecule has 1 unspecified atom stereocenters. The molecule has 0 amide bonds. The largest absolute Gasteiger partial charge is 0.458 e. The van der Waals surface area contributed by atoms with Gasteiger partial charge in [-0.3, -0.25) is 0 Å². The maximum Gasteiger partial charge on any atom is 0.331 e. The average Bonchev–Trinajstić information content (AvgIpc) is 3.21. The molecule has 0 aromatic carbocycles. The van der Waals surface area contributed by atoms with E-state index in [1.54, 1.807) is 6.08 Å². The fraction of sp³-hybridized carbons (Fsp3) is 0.826. The van der Waals surface area contributed by atoms with Crippen molar-refractivity contribution in [3.63, 3.8) is 0 Å². The van der Waals surface area contributed by atoms with Crippen LogP contribution in [-0.2, 0) is 14.3 Å². The van der Waals surface area contributed by atoms with Gasteiger partial charge in [-0.2, -0.15) is 0 Å². The third-order valence-corrected chi connectivity index (χ3v) is 9.85. The van der Waals surface area contributed by atoms with Gasteiger partial charge in [0, 0.05) is 17.9 Å². The van der Waals surface area contributed by atoms with Crippen LogP contribution in [0, 0.1) is 28.6 Å². The fourth-order valence-corrected chi connectivity index (χ4v) is 8.34. The van der Waals surface area contributed by atoms with Crippen molar-refractivity contribution in [1.29, 1.82) is 0 Å². The number of aldehydes is 1. The van der Waals surface area contributed by atoms with Gasteiger partial charge in [-0.1, -0.05) is 6.92 Å². The lowest BCUT2D eigenvalue weighted by atomic mass is 9.41. The van der Waals surface area contributed by atoms with Crippen LogP contribution in [0.5, 0.6) is 0 Å². The second kappa shape index (κ2) is 6.14. The quantitative estimate of drug-likeness (QED) is 0.480. The predicted molar refractivity (Wildman–Crippen MR) is 104 cm³/mol. The monoisotopic (exact) mass is 404 g/mol. The number of aliphatic hydroxyl groups is 3. The maximum atomic E-state index is 12.5. The lowest BCUT2D eigenvalue weighted by molar-refractivity contribution is -0.248. The van der Waals surface area contributed by atoms with Crippen LogP contribution in [0.25, 0.3) is 0 Å². The van der Waals surface area contributed by atoms with Crippen molar-refractivity contribution in [2.75, 3.05) is 6.61 Å². The summed E-state index contributed by atoms with van der Waals surface area (Å²) in [6, 6.07) is 0. The molecule has 4 saturated carbocycles. The molecular formula is C23H32O6. The van der Waals surface area contributed by atoms with E-state index in [2.05, 4.69) is 6.92 Å². The van der Waals surface area contributed by atoms with Gasteiger partial charge in [-0.05, 0) is 74.7 Å². The molecule has 0 saturated heterocycles. The molecule has 8 atom stereocenters. The van der Waals surface area contributed by atoms with Crippen molar-refractivity contribution in [2.24, 2.45) is 28.6 Å². The SMILES string of the molecule is C[C@]12CC[C@H]3[C@@H](CCC4(O)C[C@@H](O)CC[C@]34C=O)[C@]1(O)CC[C@@H]2C1=CC(=O)OC1. The lowest BCUT2D eigenvalue weighted by Crippen LogP contribution is -2.68. The number of carbonyl (C=O) groups excluding carboxylic acids is 2. The summed E-state index contributed by atoms with van der Waals surface area (Å²) in [7, 11) is 0. The second-order valence-electron chi connectivity index (χ2n) is 10.6. The zero-order valence-corrected chi connectivity index (χ0v) is 17.1. The number of hydrogen-bond acceptors (Lipinski definition) is 6. The van der Waals surface area contributed by atoms with E-state index in [9.17, 15) is 24.9 Å². The second-order valence-corrected chi connectivity index (χ2v) is 10.6. The minimum absolute atomic E-state index is 0.0504. The number of aliphatic hydroxyl groups excluding tert-OH is 1. The molecule has 0 spiro atoms. The number of rotatable bonds is 2. The van der Waals surface area contributed by atoms with Crippen LogP contribution in [-0.4, -0.2) is 51.5 Å². The molecule has 0 radical (unpaired) electrons. The van der Waals surface area contributed by atoms with Gasteiger partial charge in [0.1, 0.15) is 12.9 Å². The van der Waals surface area contributed by atoms with Crippen molar-refractivity contribution >= 4 is 12.3 Å². The van der Waals surface area contributed by atoms with Crippen LogP contribution in [0.3, 0.4) is 0 Å². The normalized spacial score (nSPS) is 54.1. The van der Waals surface area contributed by atoms with Crippen LogP contribution < -0.4 is 0 Å². The Morgan fingerprint density at radius 2 is 1.83 bits per heavy atom. The van der Waals surface area contributed by atoms with E-state index < -0.39 is 22.7 Å². The van der Waals surface area contributed by atoms with E-state index in [0.717, 1.165) is 31.1 Å². The van der Waals surface area contributed by atoms with Crippen LogP contribution in [0.4, 0.5) is 0 Å². The lowest BCUT2D eigenvalue weighted by Gasteiger charge is -2.65. The summed E-state index contributed by atoms with van der Waals surface area (Å²) in [6.07, 6.45) is 7.36. The van der Waals surface area contributed by atoms with E-state index in [1.165, 1.54) is 0 Å². The fourth-order valence-electron chi connectivity index (χ4n) is 8.34. The Labute approximate surface area is 171 Å². The standard InChI is InChI=1S/C23H32O6/c1-20-6-3-17-18(4-8-22(27)11-15(25)2-7-21(17,22)13-24)23(20,28)9-5-16(20)14-10-19(26)29-12-14/h10,13,15-18,25,27-28H,2-9,11-12H2,1H3/t15-,16+,17-,18+,20+,21-,22?,23+/m0/s1. The van der Waals surface area contributed by atoms with Crippen molar-refractivity contribution in [3.8, 4) is 0 Å². The minimum atomic E-state index is -1.18. The van der Waals surface area contributed by atoms with Gasteiger partial charge in [0.15, 0.2) is 0 Å². The highest BCUT2D eigenvalue weighted by atomic mass is 16.5. The molecule has 1 heterocycles. The van der Waals surface area contributed by atoms with Crippen LogP contribution in [0.2, 0.25) is 0 Å². The Morgan fingerprint density at radius 1 is 1.07 bits per heavy atom. The molecule has 0 bridgehead atoms. The Morgan fingerprint density at radius 3 is 2.52 bits per heavy atom.